The van der Waals surface area contributed by atoms with Crippen molar-refractivity contribution in [3.05, 3.63) is 76.2 Å². The smallest absolute Gasteiger partial charge is 0.256 e. The highest BCUT2D eigenvalue weighted by Crippen LogP contribution is 2.39. The van der Waals surface area contributed by atoms with Gasteiger partial charge in [-0.1, -0.05) is 6.07 Å². The van der Waals surface area contributed by atoms with Gasteiger partial charge in [-0.15, -0.1) is 11.3 Å². The topological polar surface area (TPSA) is 113 Å². The maximum absolute atomic E-state index is 12.8. The van der Waals surface area contributed by atoms with E-state index < -0.39 is 0 Å². The number of hydrogen-bond donors (Lipinski definition) is 3. The number of carbonyl (C=O) groups is 1. The number of nitrogens with one attached hydrogen (secondary N) is 3. The summed E-state index contributed by atoms with van der Waals surface area (Å²) in [6.07, 6.45) is 10.6. The molecular formula is C26H24N6O2S. The second-order valence-electron chi connectivity index (χ2n) is 8.88. The quantitative estimate of drug-likeness (QED) is 0.330. The minimum atomic E-state index is -0.129. The molecule has 0 aliphatic carbocycles. The molecule has 2 atom stereocenters. The Morgan fingerprint density at radius 3 is 2.91 bits per heavy atom. The lowest BCUT2D eigenvalue weighted by Crippen LogP contribution is -2.48. The Balaban J connectivity index is 1.35. The van der Waals surface area contributed by atoms with Gasteiger partial charge in [-0.05, 0) is 43.1 Å². The van der Waals surface area contributed by atoms with E-state index in [9.17, 15) is 9.59 Å². The number of fused-ring (bicyclic) bond motifs is 6. The molecule has 1 amide bonds. The third-order valence-corrected chi connectivity index (χ3v) is 7.92. The summed E-state index contributed by atoms with van der Waals surface area (Å²) in [5.41, 5.74) is 1.81. The fourth-order valence-corrected chi connectivity index (χ4v) is 6.25. The van der Waals surface area contributed by atoms with E-state index in [1.807, 2.05) is 24.3 Å². The summed E-state index contributed by atoms with van der Waals surface area (Å²) in [6.45, 7) is 1.59. The number of nitrogens with zero attached hydrogens (tertiary/aromatic N) is 3. The summed E-state index contributed by atoms with van der Waals surface area (Å²) in [5, 5.41) is 10.9. The van der Waals surface area contributed by atoms with Gasteiger partial charge in [0.1, 0.15) is 5.01 Å². The van der Waals surface area contributed by atoms with Crippen molar-refractivity contribution in [1.29, 1.82) is 0 Å². The second kappa shape index (κ2) is 9.16. The molecule has 35 heavy (non-hydrogen) atoms. The van der Waals surface area contributed by atoms with Crippen LogP contribution in [0.15, 0.2) is 60.0 Å². The van der Waals surface area contributed by atoms with Gasteiger partial charge >= 0.3 is 0 Å². The zero-order valence-electron chi connectivity index (χ0n) is 19.0. The van der Waals surface area contributed by atoms with Gasteiger partial charge in [0.15, 0.2) is 0 Å². The predicted octanol–water partition coefficient (Wildman–Crippen LogP) is 3.28. The summed E-state index contributed by atoms with van der Waals surface area (Å²) < 4.78 is 0.993. The minimum Gasteiger partial charge on any atom is -0.353 e. The van der Waals surface area contributed by atoms with Crippen LogP contribution in [0.25, 0.3) is 31.8 Å². The van der Waals surface area contributed by atoms with E-state index in [1.165, 1.54) is 0 Å². The van der Waals surface area contributed by atoms with E-state index in [4.69, 9.17) is 4.98 Å². The van der Waals surface area contributed by atoms with Crippen molar-refractivity contribution in [2.24, 2.45) is 0 Å². The molecule has 0 radical (unpaired) electrons. The lowest BCUT2D eigenvalue weighted by Gasteiger charge is -2.31. The highest BCUT2D eigenvalue weighted by Gasteiger charge is 2.31. The maximum atomic E-state index is 12.8. The molecule has 0 saturated carbocycles. The summed E-state index contributed by atoms with van der Waals surface area (Å²) in [6, 6.07) is 7.74. The second-order valence-corrected chi connectivity index (χ2v) is 9.91. The Morgan fingerprint density at radius 2 is 2.03 bits per heavy atom. The Hall–Kier alpha value is -3.69. The average molecular weight is 485 g/mol. The number of piperidine rings is 1. The SMILES string of the molecule is O=C(CCc1cccnc1)NC1CCNCC1c1nc2c3ccncc3c3c(=O)[nH]ccc3c2s1. The van der Waals surface area contributed by atoms with Crippen molar-refractivity contribution >= 4 is 49.0 Å². The number of benzene rings is 1. The molecule has 5 heterocycles. The van der Waals surface area contributed by atoms with Crippen molar-refractivity contribution in [1.82, 2.24) is 30.6 Å². The van der Waals surface area contributed by atoms with E-state index in [0.717, 1.165) is 56.5 Å². The molecule has 1 fully saturated rings. The monoisotopic (exact) mass is 484 g/mol. The molecule has 1 aliphatic rings. The van der Waals surface area contributed by atoms with Gasteiger partial charge in [-0.25, -0.2) is 4.98 Å². The summed E-state index contributed by atoms with van der Waals surface area (Å²) >= 11 is 1.61. The number of aryl methyl sites for hydroxylation is 1. The van der Waals surface area contributed by atoms with Crippen molar-refractivity contribution in [2.45, 2.75) is 31.2 Å². The molecular weight excluding hydrogens is 460 g/mol. The molecule has 3 N–H and O–H groups in total. The molecule has 1 aromatic carbocycles. The fraction of sp³-hybridized carbons (Fsp3) is 0.269. The molecule has 8 nitrogen and oxygen atoms in total. The van der Waals surface area contributed by atoms with Crippen molar-refractivity contribution in [3.63, 3.8) is 0 Å². The molecule has 176 valence electrons. The van der Waals surface area contributed by atoms with Crippen LogP contribution in [0, 0.1) is 0 Å². The number of amides is 1. The third-order valence-electron chi connectivity index (χ3n) is 6.70. The number of thiazole rings is 1. The van der Waals surface area contributed by atoms with Crippen LogP contribution in [0.1, 0.15) is 29.3 Å². The van der Waals surface area contributed by atoms with E-state index in [2.05, 4.69) is 25.6 Å². The first kappa shape index (κ1) is 21.8. The van der Waals surface area contributed by atoms with Gasteiger partial charge < -0.3 is 15.6 Å². The zero-order chi connectivity index (χ0) is 23.8. The lowest BCUT2D eigenvalue weighted by molar-refractivity contribution is -0.122. The van der Waals surface area contributed by atoms with E-state index in [1.54, 1.807) is 42.3 Å². The molecule has 9 heteroatoms. The summed E-state index contributed by atoms with van der Waals surface area (Å²) in [7, 11) is 0. The van der Waals surface area contributed by atoms with Crippen LogP contribution < -0.4 is 16.2 Å². The van der Waals surface area contributed by atoms with Crippen molar-refractivity contribution in [2.75, 3.05) is 13.1 Å². The standard InChI is InChI=1S/C26H24N6O2S/c33-21(4-3-15-2-1-8-27-12-15)31-20-7-10-29-14-19(20)26-32-23-16-5-9-28-13-18(16)22-17(24(23)35-26)6-11-30-25(22)34/h1-2,5-6,8-9,11-13,19-20,29H,3-4,7,10,14H2,(H,30,34)(H,31,33). The van der Waals surface area contributed by atoms with Gasteiger partial charge in [-0.2, -0.15) is 0 Å². The average Bonchev–Trinajstić information content (AvgIpc) is 3.34. The highest BCUT2D eigenvalue weighted by atomic mass is 32.1. The highest BCUT2D eigenvalue weighted by molar-refractivity contribution is 7.19. The van der Waals surface area contributed by atoms with E-state index >= 15 is 0 Å². The Morgan fingerprint density at radius 1 is 1.11 bits per heavy atom. The van der Waals surface area contributed by atoms with Gasteiger partial charge in [0, 0.05) is 72.1 Å². The largest absolute Gasteiger partial charge is 0.353 e. The Kier molecular flexibility index (Phi) is 5.71. The van der Waals surface area contributed by atoms with E-state index in [-0.39, 0.29) is 23.4 Å². The summed E-state index contributed by atoms with van der Waals surface area (Å²) in [4.78, 5) is 41.8. The first-order valence-electron chi connectivity index (χ1n) is 11.8. The van der Waals surface area contributed by atoms with Gasteiger partial charge in [0.25, 0.3) is 5.56 Å². The molecule has 5 aromatic rings. The van der Waals surface area contributed by atoms with Gasteiger partial charge in [0.05, 0.1) is 15.6 Å². The van der Waals surface area contributed by atoms with Crippen LogP contribution in [0.2, 0.25) is 0 Å². The lowest BCUT2D eigenvalue weighted by atomic mass is 9.93. The van der Waals surface area contributed by atoms with Crippen LogP contribution in [0.4, 0.5) is 0 Å². The number of hydrogen-bond acceptors (Lipinski definition) is 7. The molecule has 0 spiro atoms. The number of aromatic amines is 1. The number of pyridine rings is 3. The van der Waals surface area contributed by atoms with Gasteiger partial charge in [-0.3, -0.25) is 19.6 Å². The van der Waals surface area contributed by atoms with Crippen LogP contribution in [0.5, 0.6) is 0 Å². The zero-order valence-corrected chi connectivity index (χ0v) is 19.8. The van der Waals surface area contributed by atoms with Crippen LogP contribution in [-0.4, -0.2) is 45.0 Å². The predicted molar refractivity (Wildman–Crippen MR) is 138 cm³/mol. The maximum Gasteiger partial charge on any atom is 0.256 e. The van der Waals surface area contributed by atoms with Crippen molar-refractivity contribution in [3.8, 4) is 0 Å². The summed E-state index contributed by atoms with van der Waals surface area (Å²) in [5.74, 6) is 0.0952. The van der Waals surface area contributed by atoms with Crippen molar-refractivity contribution < 1.29 is 4.79 Å². The molecule has 2 unspecified atom stereocenters. The number of rotatable bonds is 5. The normalized spacial score (nSPS) is 18.3. The molecule has 6 rings (SSSR count). The third kappa shape index (κ3) is 4.06. The molecule has 4 aromatic heterocycles. The Labute approximate surface area is 204 Å². The van der Waals surface area contributed by atoms with Crippen LogP contribution in [-0.2, 0) is 11.2 Å². The minimum absolute atomic E-state index is 0.000749. The number of H-pyrrole nitrogens is 1. The first-order valence-corrected chi connectivity index (χ1v) is 12.6. The van der Waals surface area contributed by atoms with E-state index in [0.29, 0.717) is 18.2 Å². The first-order chi connectivity index (χ1) is 17.2. The van der Waals surface area contributed by atoms with Crippen LogP contribution >= 0.6 is 11.3 Å². The fourth-order valence-electron chi connectivity index (χ4n) is 4.97. The molecule has 1 saturated heterocycles. The molecule has 1 aliphatic heterocycles. The van der Waals surface area contributed by atoms with Crippen LogP contribution in [0.3, 0.4) is 0 Å². The Bertz CT molecular complexity index is 1600. The number of carbonyl (C=O) groups excluding carboxylic acids is 1. The van der Waals surface area contributed by atoms with Gasteiger partial charge in [0.2, 0.25) is 5.91 Å². The molecule has 0 bridgehead atoms. The number of aromatic nitrogens is 4.